The Morgan fingerprint density at radius 2 is 2.32 bits per heavy atom. The highest BCUT2D eigenvalue weighted by Gasteiger charge is 2.27. The molecule has 0 radical (unpaired) electrons. The van der Waals surface area contributed by atoms with Crippen molar-refractivity contribution in [1.29, 1.82) is 0 Å². The molecule has 1 aliphatic rings. The van der Waals surface area contributed by atoms with Crippen molar-refractivity contribution in [3.63, 3.8) is 0 Å². The molecular weight excluding hydrogens is 278 g/mol. The zero-order valence-electron chi connectivity index (χ0n) is 11.0. The van der Waals surface area contributed by atoms with Gasteiger partial charge in [-0.15, -0.1) is 11.3 Å². The van der Waals surface area contributed by atoms with E-state index in [1.807, 2.05) is 11.4 Å². The number of hydrogen-bond donors (Lipinski definition) is 1. The Kier molecular flexibility index (Phi) is 3.32. The average molecular weight is 295 g/mol. The molecule has 0 aliphatic carbocycles. The summed E-state index contributed by atoms with van der Waals surface area (Å²) in [6, 6.07) is 2.12. The fourth-order valence-corrected chi connectivity index (χ4v) is 4.09. The lowest BCUT2D eigenvalue weighted by Crippen LogP contribution is -2.41. The fraction of sp³-hybridized carbons (Fsp3) is 0.538. The normalized spacial score (nSPS) is 24.9. The number of rotatable bonds is 1. The van der Waals surface area contributed by atoms with Gasteiger partial charge in [-0.3, -0.25) is 9.36 Å². The molecule has 102 valence electrons. The van der Waals surface area contributed by atoms with E-state index in [4.69, 9.17) is 12.2 Å². The maximum Gasteiger partial charge on any atom is 0.272 e. The first-order valence-electron chi connectivity index (χ1n) is 6.48. The number of nitrogens with one attached hydrogen (secondary N) is 1. The van der Waals surface area contributed by atoms with Gasteiger partial charge >= 0.3 is 0 Å². The predicted molar refractivity (Wildman–Crippen MR) is 81.6 cm³/mol. The minimum atomic E-state index is 0.0650. The first-order chi connectivity index (χ1) is 9.08. The number of hydrogen-bond acceptors (Lipinski definition) is 4. The highest BCUT2D eigenvalue weighted by Crippen LogP contribution is 2.27. The number of thiophene rings is 1. The molecule has 19 heavy (non-hydrogen) atoms. The molecule has 2 atom stereocenters. The summed E-state index contributed by atoms with van der Waals surface area (Å²) in [5, 5.41) is 1.93. The number of piperidine rings is 1. The molecular formula is C13H17N3OS2. The topological polar surface area (TPSA) is 41.0 Å². The summed E-state index contributed by atoms with van der Waals surface area (Å²) in [7, 11) is 2.12. The van der Waals surface area contributed by atoms with Crippen LogP contribution >= 0.6 is 23.6 Å². The van der Waals surface area contributed by atoms with E-state index in [1.165, 1.54) is 11.3 Å². The van der Waals surface area contributed by atoms with Crippen molar-refractivity contribution in [2.45, 2.75) is 19.4 Å². The molecule has 1 saturated heterocycles. The van der Waals surface area contributed by atoms with Gasteiger partial charge in [0.15, 0.2) is 4.77 Å². The van der Waals surface area contributed by atoms with Crippen LogP contribution in [0, 0.1) is 10.7 Å². The Labute approximate surface area is 120 Å². The van der Waals surface area contributed by atoms with Crippen LogP contribution in [0.4, 0.5) is 0 Å². The fourth-order valence-electron chi connectivity index (χ4n) is 2.98. The molecule has 3 heterocycles. The van der Waals surface area contributed by atoms with Crippen molar-refractivity contribution < 1.29 is 0 Å². The van der Waals surface area contributed by atoms with Crippen LogP contribution in [0.15, 0.2) is 16.2 Å². The van der Waals surface area contributed by atoms with E-state index >= 15 is 0 Å². The van der Waals surface area contributed by atoms with E-state index in [1.54, 1.807) is 4.57 Å². The molecule has 2 aromatic heterocycles. The summed E-state index contributed by atoms with van der Waals surface area (Å²) in [5.41, 5.74) is 0.923. The number of H-pyrrole nitrogens is 1. The van der Waals surface area contributed by atoms with Crippen molar-refractivity contribution in [2.24, 2.45) is 5.92 Å². The Balaban J connectivity index is 2.14. The third-order valence-electron chi connectivity index (χ3n) is 3.93. The summed E-state index contributed by atoms with van der Waals surface area (Å²) >= 11 is 6.88. The van der Waals surface area contributed by atoms with Crippen molar-refractivity contribution in [3.8, 4) is 0 Å². The monoisotopic (exact) mass is 295 g/mol. The number of aromatic nitrogens is 2. The molecule has 1 N–H and O–H groups in total. The maximum atomic E-state index is 12.6. The summed E-state index contributed by atoms with van der Waals surface area (Å²) < 4.78 is 3.13. The van der Waals surface area contributed by atoms with Crippen LogP contribution in [-0.2, 0) is 0 Å². The van der Waals surface area contributed by atoms with Crippen LogP contribution in [0.25, 0.3) is 10.2 Å². The molecule has 2 unspecified atom stereocenters. The SMILES string of the molecule is CC1CN(C)CCC1n1c(=S)[nH]c2ccsc2c1=O. The second-order valence-corrected chi connectivity index (χ2v) is 6.67. The van der Waals surface area contributed by atoms with Crippen molar-refractivity contribution in [2.75, 3.05) is 20.1 Å². The molecule has 0 aromatic carbocycles. The maximum absolute atomic E-state index is 12.6. The summed E-state index contributed by atoms with van der Waals surface area (Å²) in [5.74, 6) is 0.434. The highest BCUT2D eigenvalue weighted by molar-refractivity contribution is 7.71. The van der Waals surface area contributed by atoms with Gasteiger partial charge < -0.3 is 9.88 Å². The predicted octanol–water partition coefficient (Wildman–Crippen LogP) is 2.63. The van der Waals surface area contributed by atoms with Gasteiger partial charge in [-0.05, 0) is 49.6 Å². The van der Waals surface area contributed by atoms with Gasteiger partial charge in [0.1, 0.15) is 4.70 Å². The van der Waals surface area contributed by atoms with Gasteiger partial charge in [-0.2, -0.15) is 0 Å². The van der Waals surface area contributed by atoms with E-state index in [0.717, 1.165) is 29.7 Å². The van der Waals surface area contributed by atoms with Crippen LogP contribution < -0.4 is 5.56 Å². The largest absolute Gasteiger partial charge is 0.331 e. The molecule has 0 spiro atoms. The number of fused-ring (bicyclic) bond motifs is 1. The minimum absolute atomic E-state index is 0.0650. The van der Waals surface area contributed by atoms with E-state index in [9.17, 15) is 4.79 Å². The molecule has 0 bridgehead atoms. The van der Waals surface area contributed by atoms with E-state index in [-0.39, 0.29) is 11.6 Å². The third-order valence-corrected chi connectivity index (χ3v) is 5.13. The zero-order chi connectivity index (χ0) is 13.6. The van der Waals surface area contributed by atoms with Gasteiger partial charge in [0.2, 0.25) is 0 Å². The standard InChI is InChI=1S/C13H17N3OS2/c1-8-7-15(2)5-3-10(8)16-12(17)11-9(4-6-19-11)14-13(16)18/h4,6,8,10H,3,5,7H2,1-2H3,(H,14,18). The lowest BCUT2D eigenvalue weighted by Gasteiger charge is -2.35. The quantitative estimate of drug-likeness (QED) is 0.822. The Bertz CT molecular complexity index is 714. The molecule has 6 heteroatoms. The summed E-state index contributed by atoms with van der Waals surface area (Å²) in [6.45, 7) is 4.22. The molecule has 3 rings (SSSR count). The second-order valence-electron chi connectivity index (χ2n) is 5.36. The first-order valence-corrected chi connectivity index (χ1v) is 7.77. The number of likely N-dealkylation sites (tertiary alicyclic amines) is 1. The third kappa shape index (κ3) is 2.17. The second kappa shape index (κ2) is 4.85. The van der Waals surface area contributed by atoms with E-state index in [2.05, 4.69) is 23.9 Å². The molecule has 0 amide bonds. The van der Waals surface area contributed by atoms with Gasteiger partial charge in [0.25, 0.3) is 5.56 Å². The average Bonchev–Trinajstić information content (AvgIpc) is 2.80. The van der Waals surface area contributed by atoms with Gasteiger partial charge in [-0.1, -0.05) is 6.92 Å². The van der Waals surface area contributed by atoms with Crippen LogP contribution in [0.1, 0.15) is 19.4 Å². The molecule has 1 aliphatic heterocycles. The molecule has 1 fully saturated rings. The number of aromatic amines is 1. The van der Waals surface area contributed by atoms with Gasteiger partial charge in [0.05, 0.1) is 5.52 Å². The molecule has 2 aromatic rings. The Morgan fingerprint density at radius 1 is 1.53 bits per heavy atom. The molecule has 0 saturated carbocycles. The Morgan fingerprint density at radius 3 is 3.05 bits per heavy atom. The highest BCUT2D eigenvalue weighted by atomic mass is 32.1. The molecule has 4 nitrogen and oxygen atoms in total. The summed E-state index contributed by atoms with van der Waals surface area (Å²) in [4.78, 5) is 18.1. The van der Waals surface area contributed by atoms with Crippen LogP contribution in [-0.4, -0.2) is 34.6 Å². The van der Waals surface area contributed by atoms with E-state index in [0.29, 0.717) is 10.7 Å². The lowest BCUT2D eigenvalue weighted by atomic mass is 9.94. The van der Waals surface area contributed by atoms with Crippen LogP contribution in [0.3, 0.4) is 0 Å². The van der Waals surface area contributed by atoms with Crippen LogP contribution in [0.5, 0.6) is 0 Å². The van der Waals surface area contributed by atoms with Crippen molar-refractivity contribution in [3.05, 3.63) is 26.6 Å². The lowest BCUT2D eigenvalue weighted by molar-refractivity contribution is 0.155. The number of nitrogens with zero attached hydrogens (tertiary/aromatic N) is 2. The van der Waals surface area contributed by atoms with Crippen molar-refractivity contribution in [1.82, 2.24) is 14.5 Å². The minimum Gasteiger partial charge on any atom is -0.331 e. The van der Waals surface area contributed by atoms with Crippen molar-refractivity contribution >= 4 is 33.8 Å². The Hall–Kier alpha value is -0.980. The van der Waals surface area contributed by atoms with E-state index < -0.39 is 0 Å². The summed E-state index contributed by atoms with van der Waals surface area (Å²) in [6.07, 6.45) is 0.978. The van der Waals surface area contributed by atoms with Gasteiger partial charge in [0, 0.05) is 12.6 Å². The van der Waals surface area contributed by atoms with Crippen LogP contribution in [0.2, 0.25) is 0 Å². The first kappa shape index (κ1) is 13.0. The smallest absolute Gasteiger partial charge is 0.272 e. The van der Waals surface area contributed by atoms with Gasteiger partial charge in [-0.25, -0.2) is 0 Å². The zero-order valence-corrected chi connectivity index (χ0v) is 12.7.